The van der Waals surface area contributed by atoms with Crippen LogP contribution in [0.1, 0.15) is 30.8 Å². The van der Waals surface area contributed by atoms with Crippen molar-refractivity contribution in [1.82, 2.24) is 10.2 Å². The number of amides is 1. The number of nitrogens with one attached hydrogen (secondary N) is 2. The van der Waals surface area contributed by atoms with Gasteiger partial charge in [-0.1, -0.05) is 42.9 Å². The lowest BCUT2D eigenvalue weighted by Crippen LogP contribution is -2.34. The molecule has 0 radical (unpaired) electrons. The first kappa shape index (κ1) is 16.7. The normalized spacial score (nSPS) is 12.0. The van der Waals surface area contributed by atoms with Gasteiger partial charge in [-0.25, -0.2) is 0 Å². The van der Waals surface area contributed by atoms with Crippen molar-refractivity contribution in [3.8, 4) is 0 Å². The summed E-state index contributed by atoms with van der Waals surface area (Å²) >= 11 is 7.51. The van der Waals surface area contributed by atoms with E-state index in [1.54, 1.807) is 0 Å². The van der Waals surface area contributed by atoms with Crippen LogP contribution >= 0.6 is 22.9 Å². The largest absolute Gasteiger partial charge is 0.373 e. The summed E-state index contributed by atoms with van der Waals surface area (Å²) in [6.45, 7) is 5.88. The smallest absolute Gasteiger partial charge is 0.248 e. The number of hydrogen-bond acceptors (Lipinski definition) is 5. The zero-order valence-electron chi connectivity index (χ0n) is 12.8. The van der Waals surface area contributed by atoms with Crippen molar-refractivity contribution >= 4 is 39.7 Å². The quantitative estimate of drug-likeness (QED) is 0.838. The van der Waals surface area contributed by atoms with E-state index in [1.165, 1.54) is 11.3 Å². The zero-order chi connectivity index (χ0) is 16.1. The summed E-state index contributed by atoms with van der Waals surface area (Å²) in [5.41, 5.74) is 1.79. The molecule has 0 aliphatic rings. The summed E-state index contributed by atoms with van der Waals surface area (Å²) < 4.78 is 0. The Hall–Kier alpha value is -1.66. The molecule has 0 spiro atoms. The van der Waals surface area contributed by atoms with Crippen molar-refractivity contribution in [2.75, 3.05) is 10.6 Å². The zero-order valence-corrected chi connectivity index (χ0v) is 14.4. The first-order valence-electron chi connectivity index (χ1n) is 7.20. The Morgan fingerprint density at radius 3 is 2.77 bits per heavy atom. The highest BCUT2D eigenvalue weighted by atomic mass is 35.5. The molecule has 5 nitrogen and oxygen atoms in total. The third-order valence-electron chi connectivity index (χ3n) is 3.32. The second-order valence-electron chi connectivity index (χ2n) is 4.86. The Balaban J connectivity index is 2.07. The van der Waals surface area contributed by atoms with Gasteiger partial charge in [0.15, 0.2) is 0 Å². The van der Waals surface area contributed by atoms with Gasteiger partial charge < -0.3 is 5.32 Å². The van der Waals surface area contributed by atoms with Crippen LogP contribution < -0.4 is 10.6 Å². The number of aryl methyl sites for hydroxylation is 1. The molecule has 0 aliphatic heterocycles. The third kappa shape index (κ3) is 3.96. The minimum Gasteiger partial charge on any atom is -0.373 e. The van der Waals surface area contributed by atoms with Gasteiger partial charge >= 0.3 is 0 Å². The van der Waals surface area contributed by atoms with Gasteiger partial charge in [0.1, 0.15) is 11.0 Å². The van der Waals surface area contributed by atoms with Crippen LogP contribution in [-0.2, 0) is 11.2 Å². The number of aromatic nitrogens is 2. The lowest BCUT2D eigenvalue weighted by atomic mass is 10.1. The SMILES string of the molecule is CCc1nnc(NC(=O)[C@H](CC)Nc2cccc(Cl)c2C)s1. The van der Waals surface area contributed by atoms with Gasteiger partial charge in [0.25, 0.3) is 0 Å². The van der Waals surface area contributed by atoms with Gasteiger partial charge in [0.2, 0.25) is 11.0 Å². The summed E-state index contributed by atoms with van der Waals surface area (Å²) in [5.74, 6) is -0.124. The van der Waals surface area contributed by atoms with Gasteiger partial charge in [-0.15, -0.1) is 10.2 Å². The van der Waals surface area contributed by atoms with E-state index >= 15 is 0 Å². The number of carbonyl (C=O) groups is 1. The number of rotatable bonds is 6. The minimum atomic E-state index is -0.355. The third-order valence-corrected chi connectivity index (χ3v) is 4.71. The lowest BCUT2D eigenvalue weighted by molar-refractivity contribution is -0.117. The molecule has 2 aromatic rings. The van der Waals surface area contributed by atoms with Gasteiger partial charge in [-0.3, -0.25) is 10.1 Å². The average molecular weight is 339 g/mol. The topological polar surface area (TPSA) is 66.9 Å². The summed E-state index contributed by atoms with van der Waals surface area (Å²) in [7, 11) is 0. The highest BCUT2D eigenvalue weighted by Crippen LogP contribution is 2.24. The minimum absolute atomic E-state index is 0.124. The van der Waals surface area contributed by atoms with Gasteiger partial charge in [0.05, 0.1) is 0 Å². The molecule has 1 amide bonds. The summed E-state index contributed by atoms with van der Waals surface area (Å²) in [6.07, 6.45) is 1.46. The van der Waals surface area contributed by atoms with Gasteiger partial charge in [-0.05, 0) is 37.5 Å². The molecule has 2 N–H and O–H groups in total. The van der Waals surface area contributed by atoms with E-state index in [9.17, 15) is 4.79 Å². The highest BCUT2D eigenvalue weighted by Gasteiger charge is 2.19. The predicted octanol–water partition coefficient (Wildman–Crippen LogP) is 3.89. The van der Waals surface area contributed by atoms with Crippen LogP contribution in [0.15, 0.2) is 18.2 Å². The molecule has 1 atom stereocenters. The number of carbonyl (C=O) groups excluding carboxylic acids is 1. The molecule has 118 valence electrons. The molecule has 1 heterocycles. The van der Waals surface area contributed by atoms with E-state index in [0.29, 0.717) is 16.6 Å². The molecular weight excluding hydrogens is 320 g/mol. The summed E-state index contributed by atoms with van der Waals surface area (Å²) in [4.78, 5) is 12.4. The fourth-order valence-corrected chi connectivity index (χ4v) is 2.80. The first-order chi connectivity index (χ1) is 10.5. The Labute approximate surface area is 139 Å². The van der Waals surface area contributed by atoms with Crippen molar-refractivity contribution in [1.29, 1.82) is 0 Å². The summed E-state index contributed by atoms with van der Waals surface area (Å²) in [5, 5.41) is 16.1. The van der Waals surface area contributed by atoms with Crippen LogP contribution in [-0.4, -0.2) is 22.1 Å². The molecule has 0 aliphatic carbocycles. The lowest BCUT2D eigenvalue weighted by Gasteiger charge is -2.19. The molecule has 2 rings (SSSR count). The molecular formula is C15H19ClN4OS. The van der Waals surface area contributed by atoms with E-state index in [0.717, 1.165) is 22.7 Å². The van der Waals surface area contributed by atoms with Crippen LogP contribution in [0.25, 0.3) is 0 Å². The molecule has 0 saturated heterocycles. The van der Waals surface area contributed by atoms with E-state index < -0.39 is 0 Å². The second-order valence-corrected chi connectivity index (χ2v) is 6.33. The fourth-order valence-electron chi connectivity index (χ4n) is 1.94. The number of anilines is 2. The van der Waals surface area contributed by atoms with Crippen molar-refractivity contribution in [2.45, 2.75) is 39.7 Å². The standard InChI is InChI=1S/C15H19ClN4OS/c1-4-11(17-12-8-6-7-10(16)9(12)3)14(21)18-15-20-19-13(5-2)22-15/h6-8,11,17H,4-5H2,1-3H3,(H,18,20,21)/t11-/m0/s1. The molecule has 0 fully saturated rings. The molecule has 1 aromatic carbocycles. The van der Waals surface area contributed by atoms with E-state index in [4.69, 9.17) is 11.6 Å². The Kier molecular flexibility index (Phi) is 5.74. The average Bonchev–Trinajstić information content (AvgIpc) is 2.96. The van der Waals surface area contributed by atoms with Gasteiger partial charge in [0, 0.05) is 10.7 Å². The molecule has 0 bridgehead atoms. The second kappa shape index (κ2) is 7.56. The van der Waals surface area contributed by atoms with Crippen LogP contribution in [0, 0.1) is 6.92 Å². The molecule has 22 heavy (non-hydrogen) atoms. The Morgan fingerprint density at radius 1 is 1.36 bits per heavy atom. The number of halogens is 1. The Bertz CT molecular complexity index is 659. The van der Waals surface area contributed by atoms with E-state index in [1.807, 2.05) is 39.0 Å². The van der Waals surface area contributed by atoms with Crippen LogP contribution in [0.5, 0.6) is 0 Å². The predicted molar refractivity (Wildman–Crippen MR) is 91.8 cm³/mol. The molecule has 0 unspecified atom stereocenters. The maximum atomic E-state index is 12.4. The monoisotopic (exact) mass is 338 g/mol. The van der Waals surface area contributed by atoms with Crippen LogP contribution in [0.3, 0.4) is 0 Å². The number of hydrogen-bond donors (Lipinski definition) is 2. The van der Waals surface area contributed by atoms with Crippen LogP contribution in [0.2, 0.25) is 5.02 Å². The summed E-state index contributed by atoms with van der Waals surface area (Å²) in [6, 6.07) is 5.25. The van der Waals surface area contributed by atoms with Gasteiger partial charge in [-0.2, -0.15) is 0 Å². The Morgan fingerprint density at radius 2 is 2.14 bits per heavy atom. The van der Waals surface area contributed by atoms with Crippen molar-refractivity contribution in [3.05, 3.63) is 33.8 Å². The van der Waals surface area contributed by atoms with Crippen molar-refractivity contribution < 1.29 is 4.79 Å². The van der Waals surface area contributed by atoms with Crippen molar-refractivity contribution in [3.63, 3.8) is 0 Å². The first-order valence-corrected chi connectivity index (χ1v) is 8.39. The maximum absolute atomic E-state index is 12.4. The van der Waals surface area contributed by atoms with Crippen molar-refractivity contribution in [2.24, 2.45) is 0 Å². The maximum Gasteiger partial charge on any atom is 0.248 e. The van der Waals surface area contributed by atoms with E-state index in [-0.39, 0.29) is 11.9 Å². The number of benzene rings is 1. The van der Waals surface area contributed by atoms with E-state index in [2.05, 4.69) is 20.8 Å². The molecule has 0 saturated carbocycles. The molecule has 1 aromatic heterocycles. The van der Waals surface area contributed by atoms with Crippen LogP contribution in [0.4, 0.5) is 10.8 Å². The number of nitrogens with zero attached hydrogens (tertiary/aromatic N) is 2. The highest BCUT2D eigenvalue weighted by molar-refractivity contribution is 7.15. The molecule has 7 heteroatoms. The fraction of sp³-hybridized carbons (Fsp3) is 0.400.